The average molecular weight is 330 g/mol. The highest BCUT2D eigenvalue weighted by Crippen LogP contribution is 2.27. The Morgan fingerprint density at radius 2 is 1.92 bits per heavy atom. The van der Waals surface area contributed by atoms with Crippen LogP contribution in [0, 0.1) is 5.92 Å². The highest BCUT2D eigenvalue weighted by atomic mass is 16.5. The molecule has 2 aliphatic rings. The summed E-state index contributed by atoms with van der Waals surface area (Å²) in [7, 11) is 0. The molecule has 24 heavy (non-hydrogen) atoms. The summed E-state index contributed by atoms with van der Waals surface area (Å²) in [6.45, 7) is 3.02. The number of nitrogens with one attached hydrogen (secondary N) is 1. The van der Waals surface area contributed by atoms with Crippen LogP contribution in [0.2, 0.25) is 0 Å². The van der Waals surface area contributed by atoms with E-state index in [0.717, 1.165) is 24.3 Å². The summed E-state index contributed by atoms with van der Waals surface area (Å²) >= 11 is 0. The van der Waals surface area contributed by atoms with Crippen LogP contribution in [0.15, 0.2) is 24.3 Å². The molecular weight excluding hydrogens is 304 g/mol. The van der Waals surface area contributed by atoms with E-state index >= 15 is 0 Å². The Balaban J connectivity index is 1.59. The number of anilines is 1. The van der Waals surface area contributed by atoms with Crippen molar-refractivity contribution in [2.45, 2.75) is 51.5 Å². The van der Waals surface area contributed by atoms with E-state index in [-0.39, 0.29) is 17.7 Å². The number of rotatable bonds is 5. The van der Waals surface area contributed by atoms with Crippen molar-refractivity contribution < 1.29 is 14.3 Å². The zero-order valence-corrected chi connectivity index (χ0v) is 14.3. The van der Waals surface area contributed by atoms with Crippen LogP contribution in [0.3, 0.4) is 0 Å². The first-order chi connectivity index (χ1) is 11.7. The second-order valence-electron chi connectivity index (χ2n) is 6.68. The van der Waals surface area contributed by atoms with Gasteiger partial charge in [0.25, 0.3) is 0 Å². The second kappa shape index (κ2) is 7.69. The van der Waals surface area contributed by atoms with Crippen molar-refractivity contribution in [1.82, 2.24) is 5.32 Å². The number of benzene rings is 1. The monoisotopic (exact) mass is 330 g/mol. The van der Waals surface area contributed by atoms with Gasteiger partial charge in [-0.05, 0) is 44.0 Å². The van der Waals surface area contributed by atoms with Crippen LogP contribution in [-0.2, 0) is 9.59 Å². The van der Waals surface area contributed by atoms with Crippen molar-refractivity contribution in [3.8, 4) is 5.75 Å². The van der Waals surface area contributed by atoms with Crippen molar-refractivity contribution in [2.75, 3.05) is 18.1 Å². The largest absolute Gasteiger partial charge is 0.494 e. The minimum Gasteiger partial charge on any atom is -0.494 e. The Morgan fingerprint density at radius 1 is 1.21 bits per heavy atom. The predicted molar refractivity (Wildman–Crippen MR) is 93.1 cm³/mol. The summed E-state index contributed by atoms with van der Waals surface area (Å²) < 4.78 is 5.43. The molecule has 1 aromatic carbocycles. The molecule has 1 saturated heterocycles. The highest BCUT2D eigenvalue weighted by Gasteiger charge is 2.35. The van der Waals surface area contributed by atoms with Gasteiger partial charge >= 0.3 is 0 Å². The SMILES string of the molecule is CCOc1ccc(N2C[C@H](C(=O)NC3CCCCC3)CC2=O)cc1. The third-order valence-electron chi connectivity index (χ3n) is 4.91. The molecule has 1 aliphatic carbocycles. The number of amides is 2. The maximum atomic E-state index is 12.5. The van der Waals surface area contributed by atoms with Gasteiger partial charge in [-0.1, -0.05) is 19.3 Å². The van der Waals surface area contributed by atoms with Gasteiger partial charge in [0.15, 0.2) is 0 Å². The Hall–Kier alpha value is -2.04. The van der Waals surface area contributed by atoms with Gasteiger partial charge in [0.05, 0.1) is 12.5 Å². The lowest BCUT2D eigenvalue weighted by atomic mass is 9.95. The van der Waals surface area contributed by atoms with Crippen LogP contribution in [0.25, 0.3) is 0 Å². The molecule has 3 rings (SSSR count). The molecule has 5 heteroatoms. The number of nitrogens with zero attached hydrogens (tertiary/aromatic N) is 1. The van der Waals surface area contributed by atoms with E-state index in [1.807, 2.05) is 31.2 Å². The van der Waals surface area contributed by atoms with Crippen molar-refractivity contribution in [2.24, 2.45) is 5.92 Å². The molecule has 2 amide bonds. The van der Waals surface area contributed by atoms with Gasteiger partial charge in [0, 0.05) is 24.7 Å². The summed E-state index contributed by atoms with van der Waals surface area (Å²) in [4.78, 5) is 26.5. The summed E-state index contributed by atoms with van der Waals surface area (Å²) in [5, 5.41) is 3.14. The molecule has 0 radical (unpaired) electrons. The number of hydrogen-bond acceptors (Lipinski definition) is 3. The van der Waals surface area contributed by atoms with E-state index in [4.69, 9.17) is 4.74 Å². The summed E-state index contributed by atoms with van der Waals surface area (Å²) in [6.07, 6.45) is 6.06. The van der Waals surface area contributed by atoms with Crippen LogP contribution >= 0.6 is 0 Å². The number of carbonyl (C=O) groups is 2. The van der Waals surface area contributed by atoms with Gasteiger partial charge in [-0.2, -0.15) is 0 Å². The molecule has 1 saturated carbocycles. The van der Waals surface area contributed by atoms with E-state index in [2.05, 4.69) is 5.32 Å². The van der Waals surface area contributed by atoms with Crippen LogP contribution in [0.5, 0.6) is 5.75 Å². The molecule has 1 aliphatic heterocycles. The Kier molecular flexibility index (Phi) is 5.38. The van der Waals surface area contributed by atoms with Crippen molar-refractivity contribution in [3.63, 3.8) is 0 Å². The molecule has 0 unspecified atom stereocenters. The van der Waals surface area contributed by atoms with E-state index < -0.39 is 0 Å². The number of hydrogen-bond donors (Lipinski definition) is 1. The Bertz CT molecular complexity index is 579. The van der Waals surface area contributed by atoms with Gasteiger partial charge in [-0.3, -0.25) is 9.59 Å². The number of ether oxygens (including phenoxy) is 1. The fourth-order valence-corrected chi connectivity index (χ4v) is 3.59. The zero-order chi connectivity index (χ0) is 16.9. The van der Waals surface area contributed by atoms with Crippen LogP contribution < -0.4 is 15.0 Å². The topological polar surface area (TPSA) is 58.6 Å². The lowest BCUT2D eigenvalue weighted by Crippen LogP contribution is -2.40. The van der Waals surface area contributed by atoms with Crippen molar-refractivity contribution >= 4 is 17.5 Å². The minimum absolute atomic E-state index is 0.0166. The molecule has 1 N–H and O–H groups in total. The first kappa shape index (κ1) is 16.8. The van der Waals surface area contributed by atoms with Crippen LogP contribution in [0.4, 0.5) is 5.69 Å². The molecule has 1 heterocycles. The molecule has 0 spiro atoms. The van der Waals surface area contributed by atoms with Crippen molar-refractivity contribution in [1.29, 1.82) is 0 Å². The molecule has 1 aromatic rings. The maximum Gasteiger partial charge on any atom is 0.227 e. The quantitative estimate of drug-likeness (QED) is 0.903. The lowest BCUT2D eigenvalue weighted by Gasteiger charge is -2.24. The van der Waals surface area contributed by atoms with Gasteiger partial charge in [-0.15, -0.1) is 0 Å². The summed E-state index contributed by atoms with van der Waals surface area (Å²) in [6, 6.07) is 7.78. The predicted octanol–water partition coefficient (Wildman–Crippen LogP) is 2.89. The summed E-state index contributed by atoms with van der Waals surface area (Å²) in [5.74, 6) is 0.595. The van der Waals surface area contributed by atoms with Crippen LogP contribution in [0.1, 0.15) is 45.4 Å². The van der Waals surface area contributed by atoms with E-state index in [0.29, 0.717) is 25.6 Å². The smallest absolute Gasteiger partial charge is 0.227 e. The van der Waals surface area contributed by atoms with Gasteiger partial charge in [-0.25, -0.2) is 0 Å². The van der Waals surface area contributed by atoms with Crippen LogP contribution in [-0.4, -0.2) is 31.0 Å². The maximum absolute atomic E-state index is 12.5. The van der Waals surface area contributed by atoms with E-state index in [1.165, 1.54) is 19.3 Å². The van der Waals surface area contributed by atoms with Gasteiger partial charge < -0.3 is 15.0 Å². The third kappa shape index (κ3) is 3.89. The Morgan fingerprint density at radius 3 is 2.58 bits per heavy atom. The molecule has 0 aromatic heterocycles. The van der Waals surface area contributed by atoms with Gasteiger partial charge in [0.1, 0.15) is 5.75 Å². The fraction of sp³-hybridized carbons (Fsp3) is 0.579. The molecular formula is C19H26N2O3. The van der Waals surface area contributed by atoms with Gasteiger partial charge in [0.2, 0.25) is 11.8 Å². The Labute approximate surface area is 143 Å². The normalized spacial score (nSPS) is 21.8. The standard InChI is InChI=1S/C19H26N2O3/c1-2-24-17-10-8-16(9-11-17)21-13-14(12-18(21)22)19(23)20-15-6-4-3-5-7-15/h8-11,14-15H,2-7,12-13H2,1H3,(H,20,23)/t14-/m1/s1. The zero-order valence-electron chi connectivity index (χ0n) is 14.3. The molecule has 0 bridgehead atoms. The van der Waals surface area contributed by atoms with E-state index in [9.17, 15) is 9.59 Å². The third-order valence-corrected chi connectivity index (χ3v) is 4.91. The van der Waals surface area contributed by atoms with Crippen molar-refractivity contribution in [3.05, 3.63) is 24.3 Å². The van der Waals surface area contributed by atoms with E-state index in [1.54, 1.807) is 4.90 Å². The number of carbonyl (C=O) groups excluding carboxylic acids is 2. The minimum atomic E-state index is -0.244. The molecule has 2 fully saturated rings. The first-order valence-corrected chi connectivity index (χ1v) is 9.01. The average Bonchev–Trinajstić information content (AvgIpc) is 2.99. The molecule has 1 atom stereocenters. The highest BCUT2D eigenvalue weighted by molar-refractivity contribution is 6.00. The fourth-order valence-electron chi connectivity index (χ4n) is 3.59. The lowest BCUT2D eigenvalue weighted by molar-refractivity contribution is -0.127. The summed E-state index contributed by atoms with van der Waals surface area (Å²) in [5.41, 5.74) is 0.830. The molecule has 130 valence electrons. The first-order valence-electron chi connectivity index (χ1n) is 9.01. The molecule has 5 nitrogen and oxygen atoms in total. The second-order valence-corrected chi connectivity index (χ2v) is 6.68.